The van der Waals surface area contributed by atoms with Crippen LogP contribution in [-0.4, -0.2) is 11.5 Å². The van der Waals surface area contributed by atoms with Crippen molar-refractivity contribution in [2.75, 3.05) is 6.61 Å². The molecule has 0 radical (unpaired) electrons. The molecule has 0 aromatic rings. The average Bonchev–Trinajstić information content (AvgIpc) is 1.84. The average molecular weight is 160 g/mol. The first-order valence-corrected chi connectivity index (χ1v) is 4.22. The summed E-state index contributed by atoms with van der Waals surface area (Å²) < 4.78 is 15.2. The Labute approximate surface area is 59.9 Å². The smallest absolute Gasteiger partial charge is 0.321 e. The Hall–Kier alpha value is -0.590. The fourth-order valence-corrected chi connectivity index (χ4v) is 0.936. The molecule has 4 heteroatoms. The summed E-state index contributed by atoms with van der Waals surface area (Å²) in [6.45, 7) is 6.50. The van der Waals surface area contributed by atoms with Crippen molar-refractivity contribution in [3.8, 4) is 0 Å². The standard InChI is InChI=1S/C6H9O3P/c1-3-5-9-10(7,8)6-4-2/h3,6H,1-2,5H2,(H,7,8). The third kappa shape index (κ3) is 4.30. The summed E-state index contributed by atoms with van der Waals surface area (Å²) in [6.07, 6.45) is 1.39. The van der Waals surface area contributed by atoms with E-state index in [9.17, 15) is 4.57 Å². The molecule has 0 fully saturated rings. The first-order chi connectivity index (χ1) is 4.62. The molecule has 0 amide bonds. The molecule has 0 aliphatic rings. The highest BCUT2D eigenvalue weighted by molar-refractivity contribution is 7.56. The van der Waals surface area contributed by atoms with Crippen LogP contribution in [0.1, 0.15) is 0 Å². The summed E-state index contributed by atoms with van der Waals surface area (Å²) in [5, 5.41) is 0. The zero-order chi connectivity index (χ0) is 8.04. The lowest BCUT2D eigenvalue weighted by Gasteiger charge is -2.02. The maximum Gasteiger partial charge on any atom is 0.359 e. The Morgan fingerprint density at radius 3 is 2.80 bits per heavy atom. The van der Waals surface area contributed by atoms with Crippen LogP contribution >= 0.6 is 7.60 Å². The number of hydrogen-bond acceptors (Lipinski definition) is 2. The van der Waals surface area contributed by atoms with E-state index in [4.69, 9.17) is 4.89 Å². The molecule has 3 nitrogen and oxygen atoms in total. The molecule has 0 aliphatic carbocycles. The van der Waals surface area contributed by atoms with Crippen molar-refractivity contribution in [1.82, 2.24) is 0 Å². The van der Waals surface area contributed by atoms with Gasteiger partial charge in [-0.05, 0) is 0 Å². The molecular formula is C6H9O3P. The molecule has 56 valence electrons. The van der Waals surface area contributed by atoms with Gasteiger partial charge in [-0.2, -0.15) is 0 Å². The van der Waals surface area contributed by atoms with Gasteiger partial charge in [0.05, 0.1) is 12.4 Å². The van der Waals surface area contributed by atoms with Crippen LogP contribution < -0.4 is 0 Å². The van der Waals surface area contributed by atoms with Crippen LogP contribution in [0.2, 0.25) is 0 Å². The van der Waals surface area contributed by atoms with Gasteiger partial charge in [-0.25, -0.2) is 0 Å². The van der Waals surface area contributed by atoms with E-state index in [0.29, 0.717) is 0 Å². The van der Waals surface area contributed by atoms with E-state index in [1.807, 2.05) is 0 Å². The van der Waals surface area contributed by atoms with E-state index in [1.165, 1.54) is 6.08 Å². The minimum absolute atomic E-state index is 0.0476. The fourth-order valence-electron chi connectivity index (χ4n) is 0.312. The molecule has 0 aromatic carbocycles. The molecule has 0 rings (SSSR count). The lowest BCUT2D eigenvalue weighted by atomic mass is 10.7. The van der Waals surface area contributed by atoms with Gasteiger partial charge in [-0.15, -0.1) is 12.3 Å². The van der Waals surface area contributed by atoms with Gasteiger partial charge in [-0.1, -0.05) is 12.7 Å². The summed E-state index contributed by atoms with van der Waals surface area (Å²) in [7, 11) is -3.58. The Kier molecular flexibility index (Phi) is 4.01. The number of rotatable bonds is 4. The first-order valence-electron chi connectivity index (χ1n) is 2.57. The lowest BCUT2D eigenvalue weighted by molar-refractivity contribution is 0.297. The van der Waals surface area contributed by atoms with E-state index in [-0.39, 0.29) is 6.61 Å². The molecule has 0 bridgehead atoms. The van der Waals surface area contributed by atoms with Crippen molar-refractivity contribution in [3.63, 3.8) is 0 Å². The van der Waals surface area contributed by atoms with Crippen LogP contribution in [0.15, 0.2) is 30.8 Å². The maximum absolute atomic E-state index is 10.7. The van der Waals surface area contributed by atoms with Gasteiger partial charge in [0.1, 0.15) is 0 Å². The van der Waals surface area contributed by atoms with Crippen molar-refractivity contribution in [1.29, 1.82) is 0 Å². The predicted octanol–water partition coefficient (Wildman–Crippen LogP) is 1.67. The minimum Gasteiger partial charge on any atom is -0.321 e. The summed E-state index contributed by atoms with van der Waals surface area (Å²) >= 11 is 0. The molecule has 0 spiro atoms. The highest BCUT2D eigenvalue weighted by Crippen LogP contribution is 2.42. The zero-order valence-electron chi connectivity index (χ0n) is 5.49. The van der Waals surface area contributed by atoms with Crippen LogP contribution in [-0.2, 0) is 9.09 Å². The summed E-state index contributed by atoms with van der Waals surface area (Å²) in [4.78, 5) is 8.77. The Morgan fingerprint density at radius 1 is 1.80 bits per heavy atom. The lowest BCUT2D eigenvalue weighted by Crippen LogP contribution is -1.84. The molecule has 1 N–H and O–H groups in total. The fraction of sp³-hybridized carbons (Fsp3) is 0.167. The first kappa shape index (κ1) is 9.41. The minimum atomic E-state index is -3.58. The van der Waals surface area contributed by atoms with Gasteiger partial charge in [0.15, 0.2) is 0 Å². The third-order valence-corrected chi connectivity index (χ3v) is 1.66. The van der Waals surface area contributed by atoms with Crippen LogP contribution in [0.5, 0.6) is 0 Å². The van der Waals surface area contributed by atoms with Crippen LogP contribution in [0.25, 0.3) is 0 Å². The molecule has 1 atom stereocenters. The van der Waals surface area contributed by atoms with E-state index >= 15 is 0 Å². The molecule has 0 aromatic heterocycles. The van der Waals surface area contributed by atoms with E-state index in [2.05, 4.69) is 23.4 Å². The van der Waals surface area contributed by atoms with Crippen molar-refractivity contribution >= 4 is 7.60 Å². The molecule has 0 saturated heterocycles. The van der Waals surface area contributed by atoms with Gasteiger partial charge in [0.25, 0.3) is 0 Å². The monoisotopic (exact) mass is 160 g/mol. The van der Waals surface area contributed by atoms with Crippen LogP contribution in [0.4, 0.5) is 0 Å². The van der Waals surface area contributed by atoms with Crippen molar-refractivity contribution < 1.29 is 14.0 Å². The molecule has 1 unspecified atom stereocenters. The third-order valence-electron chi connectivity index (χ3n) is 0.632. The van der Waals surface area contributed by atoms with Crippen LogP contribution in [0, 0.1) is 0 Å². The van der Waals surface area contributed by atoms with Crippen molar-refractivity contribution in [3.05, 3.63) is 30.8 Å². The zero-order valence-corrected chi connectivity index (χ0v) is 6.38. The molecule has 0 heterocycles. The second-order valence-electron chi connectivity index (χ2n) is 1.48. The molecular weight excluding hydrogens is 151 g/mol. The van der Waals surface area contributed by atoms with E-state index in [1.54, 1.807) is 0 Å². The Morgan fingerprint density at radius 2 is 2.40 bits per heavy atom. The predicted molar refractivity (Wildman–Crippen MR) is 39.7 cm³/mol. The van der Waals surface area contributed by atoms with Gasteiger partial charge in [0.2, 0.25) is 0 Å². The number of hydrogen-bond donors (Lipinski definition) is 1. The summed E-state index contributed by atoms with van der Waals surface area (Å²) in [6, 6.07) is 0. The van der Waals surface area contributed by atoms with Gasteiger partial charge >= 0.3 is 7.60 Å². The Bertz CT molecular complexity index is 203. The van der Waals surface area contributed by atoms with E-state index in [0.717, 1.165) is 5.82 Å². The molecule has 0 aliphatic heterocycles. The SMILES string of the molecule is C=C=CP(=O)(O)OCC=C. The second kappa shape index (κ2) is 4.26. The topological polar surface area (TPSA) is 46.5 Å². The van der Waals surface area contributed by atoms with Crippen LogP contribution in [0.3, 0.4) is 0 Å². The highest BCUT2D eigenvalue weighted by Gasteiger charge is 2.11. The van der Waals surface area contributed by atoms with E-state index < -0.39 is 7.60 Å². The highest BCUT2D eigenvalue weighted by atomic mass is 31.2. The van der Waals surface area contributed by atoms with Crippen molar-refractivity contribution in [2.24, 2.45) is 0 Å². The van der Waals surface area contributed by atoms with Gasteiger partial charge in [0, 0.05) is 0 Å². The normalized spacial score (nSPS) is 14.9. The summed E-state index contributed by atoms with van der Waals surface area (Å²) in [5.74, 6) is 0.899. The van der Waals surface area contributed by atoms with Gasteiger partial charge in [-0.3, -0.25) is 4.57 Å². The maximum atomic E-state index is 10.7. The molecule has 10 heavy (non-hydrogen) atoms. The quantitative estimate of drug-likeness (QED) is 0.386. The van der Waals surface area contributed by atoms with Gasteiger partial charge < -0.3 is 9.42 Å². The largest absolute Gasteiger partial charge is 0.359 e. The van der Waals surface area contributed by atoms with Crippen molar-refractivity contribution in [2.45, 2.75) is 0 Å². The Balaban J connectivity index is 3.99. The second-order valence-corrected chi connectivity index (χ2v) is 3.13. The summed E-state index contributed by atoms with van der Waals surface area (Å²) in [5.41, 5.74) is 2.17. The molecule has 0 saturated carbocycles.